The summed E-state index contributed by atoms with van der Waals surface area (Å²) in [5, 5.41) is 0. The van der Waals surface area contributed by atoms with Crippen LogP contribution >= 0.6 is 22.6 Å². The van der Waals surface area contributed by atoms with Gasteiger partial charge in [-0.3, -0.25) is 0 Å². The average molecular weight is 255 g/mol. The van der Waals surface area contributed by atoms with Crippen LogP contribution in [0.4, 0.5) is 4.79 Å². The molecule has 58 valence electrons. The van der Waals surface area contributed by atoms with E-state index < -0.39 is 6.09 Å². The van der Waals surface area contributed by atoms with Crippen molar-refractivity contribution in [3.8, 4) is 0 Å². The molecule has 4 heteroatoms. The summed E-state index contributed by atoms with van der Waals surface area (Å²) in [6, 6.07) is 0. The third-order valence-corrected chi connectivity index (χ3v) is 3.70. The first kappa shape index (κ1) is 8.10. The Balaban J connectivity index is 2.34. The molecule has 0 bridgehead atoms. The van der Waals surface area contributed by atoms with E-state index in [-0.39, 0.29) is 9.53 Å². The molecular formula is C6H10INO2. The Morgan fingerprint density at radius 3 is 2.60 bits per heavy atom. The van der Waals surface area contributed by atoms with E-state index >= 15 is 0 Å². The molecule has 0 spiro atoms. The van der Waals surface area contributed by atoms with Crippen LogP contribution in [-0.4, -0.2) is 15.6 Å². The summed E-state index contributed by atoms with van der Waals surface area (Å²) in [7, 11) is 0. The summed E-state index contributed by atoms with van der Waals surface area (Å²) in [6.07, 6.45) is 1.55. The largest absolute Gasteiger partial charge is 0.445 e. The second-order valence-electron chi connectivity index (χ2n) is 2.61. The average Bonchev–Trinajstić information content (AvgIpc) is 2.47. The number of rotatable bonds is 2. The number of carbonyl (C=O) groups excluding carboxylic acids is 1. The van der Waals surface area contributed by atoms with Gasteiger partial charge in [-0.1, -0.05) is 22.6 Å². The van der Waals surface area contributed by atoms with E-state index in [9.17, 15) is 4.79 Å². The number of halogens is 1. The van der Waals surface area contributed by atoms with Gasteiger partial charge in [-0.2, -0.15) is 0 Å². The van der Waals surface area contributed by atoms with Gasteiger partial charge in [0.1, 0.15) is 6.10 Å². The normalized spacial score (nSPS) is 23.4. The van der Waals surface area contributed by atoms with Gasteiger partial charge >= 0.3 is 6.09 Å². The number of carbonyl (C=O) groups is 1. The van der Waals surface area contributed by atoms with Crippen molar-refractivity contribution in [2.75, 3.05) is 0 Å². The van der Waals surface area contributed by atoms with E-state index in [4.69, 9.17) is 10.5 Å². The van der Waals surface area contributed by atoms with Crippen molar-refractivity contribution in [3.05, 3.63) is 0 Å². The lowest BCUT2D eigenvalue weighted by Crippen LogP contribution is -2.28. The molecule has 1 amide bonds. The highest BCUT2D eigenvalue weighted by atomic mass is 127. The van der Waals surface area contributed by atoms with Crippen LogP contribution in [0.1, 0.15) is 19.8 Å². The van der Waals surface area contributed by atoms with Gasteiger partial charge in [0.2, 0.25) is 0 Å². The molecule has 10 heavy (non-hydrogen) atoms. The molecule has 0 saturated heterocycles. The fourth-order valence-electron chi connectivity index (χ4n) is 0.806. The smallest absolute Gasteiger partial charge is 0.404 e. The number of amides is 1. The molecule has 0 radical (unpaired) electrons. The number of ether oxygens (including phenoxy) is 1. The Bertz CT molecular complexity index is 156. The predicted octanol–water partition coefficient (Wildman–Crippen LogP) is 1.44. The van der Waals surface area contributed by atoms with Crippen LogP contribution in [0.25, 0.3) is 0 Å². The lowest BCUT2D eigenvalue weighted by molar-refractivity contribution is 0.113. The van der Waals surface area contributed by atoms with E-state index in [1.165, 1.54) is 0 Å². The number of hydrogen-bond acceptors (Lipinski definition) is 2. The van der Waals surface area contributed by atoms with Gasteiger partial charge < -0.3 is 10.5 Å². The number of alkyl halides is 1. The molecule has 1 unspecified atom stereocenters. The maximum absolute atomic E-state index is 10.3. The van der Waals surface area contributed by atoms with Crippen LogP contribution in [0, 0.1) is 0 Å². The Morgan fingerprint density at radius 1 is 1.80 bits per heavy atom. The summed E-state index contributed by atoms with van der Waals surface area (Å²) in [5.41, 5.74) is 4.85. The molecule has 1 rings (SSSR count). The van der Waals surface area contributed by atoms with Crippen LogP contribution in [0.2, 0.25) is 0 Å². The van der Waals surface area contributed by atoms with E-state index in [2.05, 4.69) is 22.6 Å². The summed E-state index contributed by atoms with van der Waals surface area (Å²) in [6.45, 7) is 1.88. The van der Waals surface area contributed by atoms with Crippen LogP contribution in [-0.2, 0) is 4.74 Å². The number of hydrogen-bond donors (Lipinski definition) is 1. The molecule has 0 aliphatic heterocycles. The van der Waals surface area contributed by atoms with Gasteiger partial charge in [0.25, 0.3) is 0 Å². The third kappa shape index (κ3) is 1.74. The van der Waals surface area contributed by atoms with Gasteiger partial charge in [-0.05, 0) is 19.8 Å². The molecule has 0 aromatic rings. The Labute approximate surface area is 73.4 Å². The first-order chi connectivity index (χ1) is 4.54. The van der Waals surface area contributed by atoms with E-state index in [0.29, 0.717) is 0 Å². The lowest BCUT2D eigenvalue weighted by Gasteiger charge is -2.15. The van der Waals surface area contributed by atoms with Crippen LogP contribution in [0.15, 0.2) is 0 Å². The first-order valence-corrected chi connectivity index (χ1v) is 4.27. The Morgan fingerprint density at radius 2 is 2.30 bits per heavy atom. The van der Waals surface area contributed by atoms with Crippen LogP contribution in [0.3, 0.4) is 0 Å². The zero-order valence-electron chi connectivity index (χ0n) is 5.76. The van der Waals surface area contributed by atoms with Gasteiger partial charge in [-0.25, -0.2) is 4.79 Å². The number of nitrogens with two attached hydrogens (primary N) is 1. The highest BCUT2D eigenvalue weighted by molar-refractivity contribution is 14.1. The third-order valence-electron chi connectivity index (χ3n) is 1.75. The molecule has 0 aromatic carbocycles. The predicted molar refractivity (Wildman–Crippen MR) is 46.1 cm³/mol. The monoisotopic (exact) mass is 255 g/mol. The molecule has 2 N–H and O–H groups in total. The standard InChI is InChI=1S/C6H10INO2/c1-4(10-5(8)9)6(7)2-3-6/h4H,2-3H2,1H3,(H2,8,9). The van der Waals surface area contributed by atoms with Crippen LogP contribution in [0.5, 0.6) is 0 Å². The van der Waals surface area contributed by atoms with Crippen molar-refractivity contribution in [1.29, 1.82) is 0 Å². The second kappa shape index (κ2) is 2.56. The minimum atomic E-state index is -0.671. The van der Waals surface area contributed by atoms with Crippen molar-refractivity contribution < 1.29 is 9.53 Å². The maximum atomic E-state index is 10.3. The van der Waals surface area contributed by atoms with Crippen molar-refractivity contribution in [2.24, 2.45) is 5.73 Å². The highest BCUT2D eigenvalue weighted by Gasteiger charge is 2.46. The summed E-state index contributed by atoms with van der Waals surface area (Å²) in [4.78, 5) is 10.3. The maximum Gasteiger partial charge on any atom is 0.404 e. The van der Waals surface area contributed by atoms with Crippen molar-refractivity contribution in [3.63, 3.8) is 0 Å². The summed E-state index contributed by atoms with van der Waals surface area (Å²) >= 11 is 2.31. The SMILES string of the molecule is CC(OC(N)=O)C1(I)CC1. The van der Waals surface area contributed by atoms with Gasteiger partial charge in [0, 0.05) is 0 Å². The van der Waals surface area contributed by atoms with Gasteiger partial charge in [0.05, 0.1) is 3.42 Å². The van der Waals surface area contributed by atoms with Gasteiger partial charge in [0.15, 0.2) is 0 Å². The highest BCUT2D eigenvalue weighted by Crippen LogP contribution is 2.48. The molecule has 1 saturated carbocycles. The van der Waals surface area contributed by atoms with Crippen molar-refractivity contribution >= 4 is 28.7 Å². The Kier molecular flexibility index (Phi) is 2.07. The number of primary amides is 1. The second-order valence-corrected chi connectivity index (χ2v) is 4.76. The molecule has 0 heterocycles. The summed E-state index contributed by atoms with van der Waals surface area (Å²) < 4.78 is 5.00. The van der Waals surface area contributed by atoms with E-state index in [0.717, 1.165) is 12.8 Å². The fraction of sp³-hybridized carbons (Fsp3) is 0.833. The summed E-state index contributed by atoms with van der Waals surface area (Å²) in [5.74, 6) is 0. The molecule has 3 nitrogen and oxygen atoms in total. The zero-order valence-corrected chi connectivity index (χ0v) is 7.92. The molecule has 0 aromatic heterocycles. The van der Waals surface area contributed by atoms with Crippen LogP contribution < -0.4 is 5.73 Å². The fourth-order valence-corrected chi connectivity index (χ4v) is 1.20. The van der Waals surface area contributed by atoms with Crippen molar-refractivity contribution in [2.45, 2.75) is 29.3 Å². The lowest BCUT2D eigenvalue weighted by atomic mass is 10.3. The zero-order chi connectivity index (χ0) is 7.78. The molecule has 1 aliphatic carbocycles. The molecule has 1 aliphatic rings. The molecule has 1 atom stereocenters. The minimum absolute atomic E-state index is 0.0365. The first-order valence-electron chi connectivity index (χ1n) is 3.19. The quantitative estimate of drug-likeness (QED) is 0.599. The van der Waals surface area contributed by atoms with Crippen molar-refractivity contribution in [1.82, 2.24) is 0 Å². The Hall–Kier alpha value is 0. The molecular weight excluding hydrogens is 245 g/mol. The molecule has 1 fully saturated rings. The van der Waals surface area contributed by atoms with E-state index in [1.807, 2.05) is 6.92 Å². The van der Waals surface area contributed by atoms with E-state index in [1.54, 1.807) is 0 Å². The van der Waals surface area contributed by atoms with Gasteiger partial charge in [-0.15, -0.1) is 0 Å². The minimum Gasteiger partial charge on any atom is -0.445 e. The topological polar surface area (TPSA) is 52.3 Å².